The summed E-state index contributed by atoms with van der Waals surface area (Å²) in [5, 5.41) is 3.51. The van der Waals surface area contributed by atoms with Crippen molar-refractivity contribution in [1.82, 2.24) is 24.4 Å². The molecule has 1 N–H and O–H groups in total. The molecular weight excluding hydrogens is 378 g/mol. The predicted molar refractivity (Wildman–Crippen MR) is 107 cm³/mol. The summed E-state index contributed by atoms with van der Waals surface area (Å²) in [7, 11) is 3.88. The maximum absolute atomic E-state index is 14.0. The van der Waals surface area contributed by atoms with Gasteiger partial charge in [0, 0.05) is 56.0 Å². The van der Waals surface area contributed by atoms with E-state index in [1.54, 1.807) is 22.9 Å². The standard InChI is InChI=1S/C20H24F2N6O/c1-6-14-7-18(26-19(25-14)20(3,21)22)28-11-13(10-27(4)5)15-9-23-17(8-16(15)28)24-12(2)29/h7-9,11H,6,10H2,1-5H3,(H,23,24,29). The zero-order chi connectivity index (χ0) is 21.3. The normalized spacial score (nSPS) is 12.0. The van der Waals surface area contributed by atoms with Crippen LogP contribution < -0.4 is 5.32 Å². The third-order valence-corrected chi connectivity index (χ3v) is 4.33. The number of hydrogen-bond acceptors (Lipinski definition) is 5. The van der Waals surface area contributed by atoms with Gasteiger partial charge < -0.3 is 14.8 Å². The first-order valence-corrected chi connectivity index (χ1v) is 9.27. The van der Waals surface area contributed by atoms with Crippen molar-refractivity contribution in [3.05, 3.63) is 41.6 Å². The monoisotopic (exact) mass is 402 g/mol. The smallest absolute Gasteiger partial charge is 0.303 e. The molecule has 0 saturated carbocycles. The number of fused-ring (bicyclic) bond motifs is 1. The first-order valence-electron chi connectivity index (χ1n) is 9.27. The van der Waals surface area contributed by atoms with Gasteiger partial charge in [-0.3, -0.25) is 4.79 Å². The molecule has 0 aliphatic carbocycles. The summed E-state index contributed by atoms with van der Waals surface area (Å²) < 4.78 is 29.7. The molecule has 0 atom stereocenters. The first kappa shape index (κ1) is 20.8. The number of nitrogens with one attached hydrogen (secondary N) is 1. The van der Waals surface area contributed by atoms with Crippen LogP contribution in [0.4, 0.5) is 14.6 Å². The van der Waals surface area contributed by atoms with Gasteiger partial charge in [-0.25, -0.2) is 15.0 Å². The zero-order valence-electron chi connectivity index (χ0n) is 17.1. The van der Waals surface area contributed by atoms with E-state index in [4.69, 9.17) is 0 Å². The number of hydrogen-bond donors (Lipinski definition) is 1. The molecule has 0 aromatic carbocycles. The summed E-state index contributed by atoms with van der Waals surface area (Å²) >= 11 is 0. The van der Waals surface area contributed by atoms with Gasteiger partial charge in [-0.15, -0.1) is 0 Å². The summed E-state index contributed by atoms with van der Waals surface area (Å²) in [5.41, 5.74) is 2.21. The largest absolute Gasteiger partial charge is 0.311 e. The molecule has 3 aromatic rings. The van der Waals surface area contributed by atoms with Crippen molar-refractivity contribution in [2.45, 2.75) is 39.7 Å². The molecule has 0 fully saturated rings. The Bertz CT molecular complexity index is 1060. The van der Waals surface area contributed by atoms with Crippen molar-refractivity contribution in [2.75, 3.05) is 19.4 Å². The van der Waals surface area contributed by atoms with E-state index in [0.717, 1.165) is 17.9 Å². The Labute approximate surface area is 167 Å². The van der Waals surface area contributed by atoms with E-state index in [-0.39, 0.29) is 5.91 Å². The van der Waals surface area contributed by atoms with Gasteiger partial charge >= 0.3 is 5.92 Å². The Hall–Kier alpha value is -2.94. The second-order valence-corrected chi connectivity index (χ2v) is 7.31. The molecule has 0 bridgehead atoms. The van der Waals surface area contributed by atoms with Gasteiger partial charge in [-0.1, -0.05) is 6.92 Å². The lowest BCUT2D eigenvalue weighted by molar-refractivity contribution is -0.114. The SMILES string of the molecule is CCc1cc(-n2cc(CN(C)C)c3cnc(NC(C)=O)cc32)nc(C(C)(F)F)n1. The minimum atomic E-state index is -3.15. The number of aromatic nitrogens is 4. The first-order chi connectivity index (χ1) is 13.6. The lowest BCUT2D eigenvalue weighted by Crippen LogP contribution is -2.16. The van der Waals surface area contributed by atoms with E-state index in [1.165, 1.54) is 6.92 Å². The fraction of sp³-hybridized carbons (Fsp3) is 0.400. The van der Waals surface area contributed by atoms with Crippen LogP contribution in [-0.2, 0) is 23.7 Å². The Balaban J connectivity index is 2.25. The molecule has 3 aromatic heterocycles. The van der Waals surface area contributed by atoms with Gasteiger partial charge in [-0.05, 0) is 26.1 Å². The van der Waals surface area contributed by atoms with Gasteiger partial charge in [0.2, 0.25) is 11.7 Å². The second-order valence-electron chi connectivity index (χ2n) is 7.31. The van der Waals surface area contributed by atoms with E-state index in [2.05, 4.69) is 20.3 Å². The number of anilines is 1. The summed E-state index contributed by atoms with van der Waals surface area (Å²) in [6, 6.07) is 3.42. The van der Waals surface area contributed by atoms with Gasteiger partial charge in [0.1, 0.15) is 11.6 Å². The molecule has 0 aliphatic rings. The molecule has 0 spiro atoms. The number of carbonyl (C=O) groups excluding carboxylic acids is 1. The van der Waals surface area contributed by atoms with E-state index in [9.17, 15) is 13.6 Å². The summed E-state index contributed by atoms with van der Waals surface area (Å²) in [4.78, 5) is 25.9. The highest BCUT2D eigenvalue weighted by molar-refractivity contribution is 5.92. The van der Waals surface area contributed by atoms with Crippen LogP contribution in [0.1, 0.15) is 37.9 Å². The third-order valence-electron chi connectivity index (χ3n) is 4.33. The Morgan fingerprint density at radius 1 is 1.28 bits per heavy atom. The third kappa shape index (κ3) is 4.56. The molecule has 0 aliphatic heterocycles. The molecule has 7 nitrogen and oxygen atoms in total. The predicted octanol–water partition coefficient (Wildman–Crippen LogP) is 3.51. The van der Waals surface area contributed by atoms with Gasteiger partial charge in [0.15, 0.2) is 0 Å². The number of nitrogens with zero attached hydrogens (tertiary/aromatic N) is 5. The van der Waals surface area contributed by atoms with Crippen LogP contribution in [0.25, 0.3) is 16.7 Å². The van der Waals surface area contributed by atoms with Crippen LogP contribution in [0.5, 0.6) is 0 Å². The van der Waals surface area contributed by atoms with Gasteiger partial charge in [-0.2, -0.15) is 8.78 Å². The number of alkyl halides is 2. The Kier molecular flexibility index (Phi) is 5.61. The average molecular weight is 402 g/mol. The van der Waals surface area contributed by atoms with Crippen LogP contribution in [0.2, 0.25) is 0 Å². The summed E-state index contributed by atoms with van der Waals surface area (Å²) in [6.07, 6.45) is 4.04. The fourth-order valence-corrected chi connectivity index (χ4v) is 3.08. The van der Waals surface area contributed by atoms with Crippen molar-refractivity contribution < 1.29 is 13.6 Å². The van der Waals surface area contributed by atoms with E-state index < -0.39 is 11.7 Å². The second kappa shape index (κ2) is 7.82. The number of amides is 1. The van der Waals surface area contributed by atoms with Crippen molar-refractivity contribution in [3.8, 4) is 5.82 Å². The number of aryl methyl sites for hydroxylation is 1. The maximum Gasteiger partial charge on any atom is 0.303 e. The summed E-state index contributed by atoms with van der Waals surface area (Å²) in [6.45, 7) is 4.67. The van der Waals surface area contributed by atoms with Gasteiger partial charge in [0.25, 0.3) is 0 Å². The molecule has 154 valence electrons. The van der Waals surface area contributed by atoms with E-state index in [1.807, 2.05) is 32.1 Å². The molecular formula is C20H24F2N6O. The van der Waals surface area contributed by atoms with E-state index in [0.29, 0.717) is 35.8 Å². The molecule has 3 rings (SSSR count). The molecule has 0 radical (unpaired) electrons. The highest BCUT2D eigenvalue weighted by Gasteiger charge is 2.29. The lowest BCUT2D eigenvalue weighted by atomic mass is 10.2. The minimum absolute atomic E-state index is 0.244. The van der Waals surface area contributed by atoms with E-state index >= 15 is 0 Å². The average Bonchev–Trinajstić information content (AvgIpc) is 2.97. The Morgan fingerprint density at radius 3 is 2.59 bits per heavy atom. The fourth-order valence-electron chi connectivity index (χ4n) is 3.08. The summed E-state index contributed by atoms with van der Waals surface area (Å²) in [5.74, 6) is -3.18. The van der Waals surface area contributed by atoms with Crippen LogP contribution in [0, 0.1) is 0 Å². The molecule has 3 heterocycles. The van der Waals surface area contributed by atoms with Gasteiger partial charge in [0.05, 0.1) is 5.52 Å². The van der Waals surface area contributed by atoms with Crippen molar-refractivity contribution in [2.24, 2.45) is 0 Å². The molecule has 0 unspecified atom stereocenters. The number of pyridine rings is 1. The number of halogens is 2. The van der Waals surface area contributed by atoms with Crippen molar-refractivity contribution in [1.29, 1.82) is 0 Å². The maximum atomic E-state index is 14.0. The highest BCUT2D eigenvalue weighted by atomic mass is 19.3. The minimum Gasteiger partial charge on any atom is -0.311 e. The molecule has 0 saturated heterocycles. The van der Waals surface area contributed by atoms with Crippen LogP contribution in [0.3, 0.4) is 0 Å². The molecule has 1 amide bonds. The topological polar surface area (TPSA) is 75.9 Å². The zero-order valence-corrected chi connectivity index (χ0v) is 17.1. The Morgan fingerprint density at radius 2 is 2.00 bits per heavy atom. The van der Waals surface area contributed by atoms with Crippen LogP contribution >= 0.6 is 0 Å². The molecule has 29 heavy (non-hydrogen) atoms. The molecule has 9 heteroatoms. The van der Waals surface area contributed by atoms with Crippen LogP contribution in [0.15, 0.2) is 24.5 Å². The van der Waals surface area contributed by atoms with Crippen molar-refractivity contribution in [3.63, 3.8) is 0 Å². The van der Waals surface area contributed by atoms with Crippen molar-refractivity contribution >= 4 is 22.6 Å². The lowest BCUT2D eigenvalue weighted by Gasteiger charge is -2.13. The number of rotatable bonds is 6. The highest BCUT2D eigenvalue weighted by Crippen LogP contribution is 2.29. The quantitative estimate of drug-likeness (QED) is 0.683. The number of carbonyl (C=O) groups is 1. The van der Waals surface area contributed by atoms with Crippen LogP contribution in [-0.4, -0.2) is 44.4 Å².